The standard InChI is InChI=1S/C24H34N6/c1-2-25-24(28-21-12-16-30(19-21)22-9-5-3-6-10-22)27-18-20-11-13-26-23(17-20)29-14-7-4-8-15-29/h3,5-6,9-11,13,17,21H,2,4,7-8,12,14-16,18-19H2,1H3,(H2,25,27,28). The number of anilines is 2. The van der Waals surface area contributed by atoms with Crippen molar-refractivity contribution in [1.82, 2.24) is 15.6 Å². The van der Waals surface area contributed by atoms with Gasteiger partial charge < -0.3 is 20.4 Å². The Balaban J connectivity index is 1.36. The van der Waals surface area contributed by atoms with Gasteiger partial charge in [-0.15, -0.1) is 0 Å². The second kappa shape index (κ2) is 10.3. The van der Waals surface area contributed by atoms with E-state index in [9.17, 15) is 0 Å². The number of guanidine groups is 1. The molecule has 30 heavy (non-hydrogen) atoms. The fraction of sp³-hybridized carbons (Fsp3) is 0.500. The van der Waals surface area contributed by atoms with E-state index in [4.69, 9.17) is 4.99 Å². The fourth-order valence-corrected chi connectivity index (χ4v) is 4.29. The van der Waals surface area contributed by atoms with Gasteiger partial charge in [0.05, 0.1) is 6.54 Å². The molecule has 160 valence electrons. The van der Waals surface area contributed by atoms with Crippen LogP contribution in [-0.2, 0) is 6.54 Å². The first-order valence-corrected chi connectivity index (χ1v) is 11.4. The lowest BCUT2D eigenvalue weighted by molar-refractivity contribution is 0.573. The van der Waals surface area contributed by atoms with Crippen LogP contribution in [0.25, 0.3) is 0 Å². The maximum atomic E-state index is 4.86. The molecule has 0 spiro atoms. The SMILES string of the molecule is CCNC(=NCc1ccnc(N2CCCCC2)c1)NC1CCN(c2ccccc2)C1. The summed E-state index contributed by atoms with van der Waals surface area (Å²) in [5, 5.41) is 7.04. The van der Waals surface area contributed by atoms with E-state index in [-0.39, 0.29) is 0 Å². The number of hydrogen-bond donors (Lipinski definition) is 2. The van der Waals surface area contributed by atoms with Gasteiger partial charge in [-0.05, 0) is 62.4 Å². The van der Waals surface area contributed by atoms with Gasteiger partial charge in [-0.25, -0.2) is 9.98 Å². The van der Waals surface area contributed by atoms with Crippen LogP contribution in [0.5, 0.6) is 0 Å². The maximum absolute atomic E-state index is 4.86. The van der Waals surface area contributed by atoms with E-state index in [2.05, 4.69) is 74.8 Å². The lowest BCUT2D eigenvalue weighted by Gasteiger charge is -2.27. The molecule has 4 rings (SSSR count). The highest BCUT2D eigenvalue weighted by Crippen LogP contribution is 2.20. The molecule has 0 radical (unpaired) electrons. The molecular formula is C24H34N6. The zero-order valence-corrected chi connectivity index (χ0v) is 18.1. The summed E-state index contributed by atoms with van der Waals surface area (Å²) < 4.78 is 0. The van der Waals surface area contributed by atoms with Crippen LogP contribution in [0.3, 0.4) is 0 Å². The minimum absolute atomic E-state index is 0.407. The van der Waals surface area contributed by atoms with E-state index in [1.54, 1.807) is 0 Å². The zero-order valence-electron chi connectivity index (χ0n) is 18.1. The maximum Gasteiger partial charge on any atom is 0.191 e. The Labute approximate surface area is 180 Å². The van der Waals surface area contributed by atoms with Crippen LogP contribution in [0.15, 0.2) is 53.7 Å². The molecule has 6 nitrogen and oxygen atoms in total. The first kappa shape index (κ1) is 20.5. The highest BCUT2D eigenvalue weighted by atomic mass is 15.2. The molecule has 6 heteroatoms. The van der Waals surface area contributed by atoms with E-state index in [0.717, 1.165) is 50.9 Å². The predicted octanol–water partition coefficient (Wildman–Crippen LogP) is 3.41. The van der Waals surface area contributed by atoms with Gasteiger partial charge in [-0.2, -0.15) is 0 Å². The van der Waals surface area contributed by atoms with Crippen LogP contribution in [0.1, 0.15) is 38.2 Å². The molecule has 3 heterocycles. The summed E-state index contributed by atoms with van der Waals surface area (Å²) in [4.78, 5) is 14.3. The Morgan fingerprint density at radius 2 is 1.90 bits per heavy atom. The zero-order chi connectivity index (χ0) is 20.6. The Kier molecular flexibility index (Phi) is 7.06. The summed E-state index contributed by atoms with van der Waals surface area (Å²) in [5.74, 6) is 1.99. The summed E-state index contributed by atoms with van der Waals surface area (Å²) in [6.45, 7) is 7.94. The molecule has 0 aliphatic carbocycles. The van der Waals surface area contributed by atoms with Crippen LogP contribution in [0, 0.1) is 0 Å². The van der Waals surface area contributed by atoms with E-state index >= 15 is 0 Å². The van der Waals surface area contributed by atoms with Gasteiger partial charge in [0.1, 0.15) is 5.82 Å². The van der Waals surface area contributed by atoms with Gasteiger partial charge in [0.25, 0.3) is 0 Å². The number of aliphatic imine (C=N–C) groups is 1. The number of nitrogens with one attached hydrogen (secondary N) is 2. The third kappa shape index (κ3) is 5.43. The molecule has 2 aliphatic rings. The van der Waals surface area contributed by atoms with Crippen molar-refractivity contribution in [2.24, 2.45) is 4.99 Å². The molecule has 1 unspecified atom stereocenters. The Bertz CT molecular complexity index is 815. The molecule has 1 aromatic heterocycles. The van der Waals surface area contributed by atoms with E-state index < -0.39 is 0 Å². The summed E-state index contributed by atoms with van der Waals surface area (Å²) >= 11 is 0. The van der Waals surface area contributed by atoms with E-state index in [0.29, 0.717) is 12.6 Å². The minimum Gasteiger partial charge on any atom is -0.369 e. The molecule has 2 aliphatic heterocycles. The predicted molar refractivity (Wildman–Crippen MR) is 125 cm³/mol. The van der Waals surface area contributed by atoms with Crippen molar-refractivity contribution in [3.8, 4) is 0 Å². The first-order valence-electron chi connectivity index (χ1n) is 11.4. The molecule has 1 aromatic carbocycles. The van der Waals surface area contributed by atoms with Crippen molar-refractivity contribution in [2.75, 3.05) is 42.5 Å². The van der Waals surface area contributed by atoms with Crippen molar-refractivity contribution < 1.29 is 0 Å². The van der Waals surface area contributed by atoms with Gasteiger partial charge in [0.15, 0.2) is 5.96 Å². The fourth-order valence-electron chi connectivity index (χ4n) is 4.29. The molecule has 1 atom stereocenters. The van der Waals surface area contributed by atoms with Gasteiger partial charge in [0, 0.05) is 50.6 Å². The Hall–Kier alpha value is -2.76. The van der Waals surface area contributed by atoms with Crippen LogP contribution in [-0.4, -0.2) is 49.7 Å². The second-order valence-corrected chi connectivity index (χ2v) is 8.18. The van der Waals surface area contributed by atoms with Crippen LogP contribution < -0.4 is 20.4 Å². The smallest absolute Gasteiger partial charge is 0.191 e. The molecule has 2 N–H and O–H groups in total. The Morgan fingerprint density at radius 3 is 2.70 bits per heavy atom. The summed E-state index contributed by atoms with van der Waals surface area (Å²) in [6.07, 6.45) is 6.90. The number of pyridine rings is 1. The topological polar surface area (TPSA) is 55.8 Å². The number of para-hydroxylation sites is 1. The number of benzene rings is 1. The van der Waals surface area contributed by atoms with Gasteiger partial charge >= 0.3 is 0 Å². The largest absolute Gasteiger partial charge is 0.369 e. The molecule has 0 saturated carbocycles. The number of rotatable bonds is 6. The average molecular weight is 407 g/mol. The molecular weight excluding hydrogens is 372 g/mol. The minimum atomic E-state index is 0.407. The van der Waals surface area contributed by atoms with Crippen LogP contribution in [0.2, 0.25) is 0 Å². The van der Waals surface area contributed by atoms with Crippen LogP contribution in [0.4, 0.5) is 11.5 Å². The number of piperidine rings is 1. The van der Waals surface area contributed by atoms with E-state index in [1.807, 2.05) is 6.20 Å². The van der Waals surface area contributed by atoms with Crippen molar-refractivity contribution in [3.05, 3.63) is 54.2 Å². The quantitative estimate of drug-likeness (QED) is 0.569. The third-order valence-electron chi connectivity index (χ3n) is 5.90. The summed E-state index contributed by atoms with van der Waals surface area (Å²) in [6, 6.07) is 15.3. The van der Waals surface area contributed by atoms with Crippen molar-refractivity contribution in [3.63, 3.8) is 0 Å². The summed E-state index contributed by atoms with van der Waals surface area (Å²) in [7, 11) is 0. The van der Waals surface area contributed by atoms with Gasteiger partial charge in [-0.3, -0.25) is 0 Å². The molecule has 2 fully saturated rings. The monoisotopic (exact) mass is 406 g/mol. The highest BCUT2D eigenvalue weighted by molar-refractivity contribution is 5.80. The number of nitrogens with zero attached hydrogens (tertiary/aromatic N) is 4. The molecule has 2 saturated heterocycles. The van der Waals surface area contributed by atoms with Gasteiger partial charge in [0.2, 0.25) is 0 Å². The number of hydrogen-bond acceptors (Lipinski definition) is 4. The second-order valence-electron chi connectivity index (χ2n) is 8.18. The molecule has 0 bridgehead atoms. The first-order chi connectivity index (χ1) is 14.8. The Morgan fingerprint density at radius 1 is 1.07 bits per heavy atom. The van der Waals surface area contributed by atoms with Crippen molar-refractivity contribution in [1.29, 1.82) is 0 Å². The van der Waals surface area contributed by atoms with E-state index in [1.165, 1.54) is 30.5 Å². The lowest BCUT2D eigenvalue weighted by atomic mass is 10.1. The third-order valence-corrected chi connectivity index (χ3v) is 5.90. The van der Waals surface area contributed by atoms with Gasteiger partial charge in [-0.1, -0.05) is 18.2 Å². The van der Waals surface area contributed by atoms with Crippen molar-refractivity contribution in [2.45, 2.75) is 45.2 Å². The molecule has 0 amide bonds. The van der Waals surface area contributed by atoms with Crippen LogP contribution >= 0.6 is 0 Å². The highest BCUT2D eigenvalue weighted by Gasteiger charge is 2.23. The summed E-state index contributed by atoms with van der Waals surface area (Å²) in [5.41, 5.74) is 2.51. The van der Waals surface area contributed by atoms with Crippen molar-refractivity contribution >= 4 is 17.5 Å². The number of aromatic nitrogens is 1. The average Bonchev–Trinajstić information content (AvgIpc) is 3.28. The normalized spacial score (nSPS) is 19.8. The molecule has 2 aromatic rings. The lowest BCUT2D eigenvalue weighted by Crippen LogP contribution is -2.44.